The van der Waals surface area contributed by atoms with Crippen LogP contribution in [0.5, 0.6) is 34.8 Å². The fraction of sp³-hybridized carbons (Fsp3) is 0. The minimum Gasteiger partial charge on any atom is -0.508 e. The first-order valence-corrected chi connectivity index (χ1v) is 7.40. The Balaban J connectivity index is 1.79. The molecule has 0 spiro atoms. The number of benzene rings is 2. The lowest BCUT2D eigenvalue weighted by Crippen LogP contribution is -2.35. The van der Waals surface area contributed by atoms with E-state index in [1.807, 2.05) is 0 Å². The van der Waals surface area contributed by atoms with Gasteiger partial charge in [-0.1, -0.05) is 16.9 Å². The minimum atomic E-state index is -0.992. The highest BCUT2D eigenvalue weighted by molar-refractivity contribution is 6.01. The molecule has 0 aliphatic carbocycles. The van der Waals surface area contributed by atoms with Crippen LogP contribution in [0.15, 0.2) is 48.5 Å². The van der Waals surface area contributed by atoms with Gasteiger partial charge in [-0.15, -0.1) is 0 Å². The summed E-state index contributed by atoms with van der Waals surface area (Å²) in [5.41, 5.74) is 0.632. The number of para-hydroxylation sites is 2. The van der Waals surface area contributed by atoms with Crippen molar-refractivity contribution in [1.29, 1.82) is 0 Å². The molecule has 0 radical (unpaired) electrons. The van der Waals surface area contributed by atoms with E-state index >= 15 is 0 Å². The molecule has 2 aromatic carbocycles. The lowest BCUT2D eigenvalue weighted by molar-refractivity contribution is 0.115. The van der Waals surface area contributed by atoms with Crippen LogP contribution >= 0.6 is 0 Å². The highest BCUT2D eigenvalue weighted by atomic mass is 16.7. The summed E-state index contributed by atoms with van der Waals surface area (Å²) in [5.74, 6) is -1.65. The Morgan fingerprint density at radius 1 is 0.923 bits per heavy atom. The van der Waals surface area contributed by atoms with E-state index in [2.05, 4.69) is 0 Å². The predicted octanol–water partition coefficient (Wildman–Crippen LogP) is 2.80. The number of aromatic hydroxyl groups is 4. The van der Waals surface area contributed by atoms with Crippen LogP contribution in [0.4, 0.5) is 16.2 Å². The van der Waals surface area contributed by atoms with Gasteiger partial charge in [0.05, 0.1) is 11.4 Å². The summed E-state index contributed by atoms with van der Waals surface area (Å²) < 4.78 is 6.07. The summed E-state index contributed by atoms with van der Waals surface area (Å²) >= 11 is 0. The molecule has 0 atom stereocenters. The molecule has 0 unspecified atom stereocenters. The smallest absolute Gasteiger partial charge is 0.444 e. The first kappa shape index (κ1) is 15.5. The molecule has 9 nitrogen and oxygen atoms in total. The predicted molar refractivity (Wildman–Crippen MR) is 88.2 cm³/mol. The number of hydrogen-bond donors (Lipinski definition) is 4. The molecule has 1 amide bonds. The standard InChI is InChI=1S/C17H12N2O7/c20-9-5-6-11-14(7-9)25-13-4-2-1-3-10(13)18(11)17(24)26-19-15(22)8-12(21)16(19)23/h1-8,20-23H. The molecule has 0 fully saturated rings. The van der Waals surface area contributed by atoms with E-state index in [-0.39, 0.29) is 17.2 Å². The average molecular weight is 356 g/mol. The van der Waals surface area contributed by atoms with Crippen molar-refractivity contribution in [3.63, 3.8) is 0 Å². The number of hydrogen-bond acceptors (Lipinski definition) is 7. The van der Waals surface area contributed by atoms with E-state index in [0.717, 1.165) is 11.0 Å². The molecule has 1 aliphatic rings. The van der Waals surface area contributed by atoms with Crippen LogP contribution in [0.1, 0.15) is 0 Å². The Bertz CT molecular complexity index is 1030. The number of anilines is 2. The van der Waals surface area contributed by atoms with Gasteiger partial charge in [0, 0.05) is 12.1 Å². The Kier molecular flexibility index (Phi) is 3.29. The first-order valence-electron chi connectivity index (χ1n) is 7.40. The second-order valence-electron chi connectivity index (χ2n) is 5.42. The number of amides is 1. The molecule has 2 heterocycles. The maximum absolute atomic E-state index is 12.8. The molecule has 1 aromatic heterocycles. The second-order valence-corrected chi connectivity index (χ2v) is 5.42. The van der Waals surface area contributed by atoms with Crippen molar-refractivity contribution >= 4 is 17.5 Å². The molecular weight excluding hydrogens is 344 g/mol. The summed E-state index contributed by atoms with van der Waals surface area (Å²) in [5, 5.41) is 38.4. The zero-order valence-corrected chi connectivity index (χ0v) is 13.0. The minimum absolute atomic E-state index is 0.0536. The third-order valence-electron chi connectivity index (χ3n) is 3.76. The number of nitrogens with zero attached hydrogens (tertiary/aromatic N) is 2. The van der Waals surface area contributed by atoms with Crippen molar-refractivity contribution in [1.82, 2.24) is 4.73 Å². The molecule has 4 rings (SSSR count). The maximum atomic E-state index is 12.8. The van der Waals surface area contributed by atoms with Gasteiger partial charge in [-0.25, -0.2) is 9.69 Å². The highest BCUT2D eigenvalue weighted by Crippen LogP contribution is 2.47. The van der Waals surface area contributed by atoms with Crippen LogP contribution in [0.2, 0.25) is 0 Å². The molecule has 3 aromatic rings. The van der Waals surface area contributed by atoms with Crippen LogP contribution in [0.25, 0.3) is 0 Å². The molecule has 0 saturated heterocycles. The number of phenolic OH excluding ortho intramolecular Hbond substituents is 1. The molecule has 26 heavy (non-hydrogen) atoms. The lowest BCUT2D eigenvalue weighted by atomic mass is 10.1. The van der Waals surface area contributed by atoms with Gasteiger partial charge >= 0.3 is 6.09 Å². The Hall–Kier alpha value is -4.01. The summed E-state index contributed by atoms with van der Waals surface area (Å²) in [6.07, 6.45) is -0.992. The topological polar surface area (TPSA) is 125 Å². The summed E-state index contributed by atoms with van der Waals surface area (Å²) in [7, 11) is 0. The third kappa shape index (κ3) is 2.30. The van der Waals surface area contributed by atoms with Crippen LogP contribution in [0, 0.1) is 0 Å². The van der Waals surface area contributed by atoms with Crippen LogP contribution in [-0.4, -0.2) is 31.2 Å². The number of carbonyl (C=O) groups excluding carboxylic acids is 1. The van der Waals surface area contributed by atoms with Crippen LogP contribution in [0.3, 0.4) is 0 Å². The van der Waals surface area contributed by atoms with Crippen molar-refractivity contribution in [2.75, 3.05) is 4.90 Å². The van der Waals surface area contributed by atoms with E-state index in [1.54, 1.807) is 24.3 Å². The van der Waals surface area contributed by atoms with E-state index in [4.69, 9.17) is 9.57 Å². The second kappa shape index (κ2) is 5.52. The van der Waals surface area contributed by atoms with Crippen molar-refractivity contribution in [2.45, 2.75) is 0 Å². The highest BCUT2D eigenvalue weighted by Gasteiger charge is 2.32. The SMILES string of the molecule is O=C(On1c(O)cc(O)c1O)N1c2ccccc2Oc2cc(O)ccc21. The monoisotopic (exact) mass is 356 g/mol. The van der Waals surface area contributed by atoms with Crippen molar-refractivity contribution in [3.8, 4) is 34.8 Å². The normalized spacial score (nSPS) is 12.1. The molecule has 0 bridgehead atoms. The number of carbonyl (C=O) groups is 1. The van der Waals surface area contributed by atoms with Gasteiger partial charge in [0.2, 0.25) is 5.88 Å². The number of rotatable bonds is 1. The first-order chi connectivity index (χ1) is 12.5. The van der Waals surface area contributed by atoms with Gasteiger partial charge in [0.25, 0.3) is 5.88 Å². The molecule has 1 aliphatic heterocycles. The van der Waals surface area contributed by atoms with Crippen molar-refractivity contribution < 1.29 is 34.8 Å². The van der Waals surface area contributed by atoms with Crippen LogP contribution in [-0.2, 0) is 0 Å². The van der Waals surface area contributed by atoms with Gasteiger partial charge in [0.1, 0.15) is 5.75 Å². The fourth-order valence-electron chi connectivity index (χ4n) is 2.61. The zero-order chi connectivity index (χ0) is 18.4. The molecular formula is C17H12N2O7. The molecule has 4 N–H and O–H groups in total. The van der Waals surface area contributed by atoms with E-state index in [1.165, 1.54) is 18.2 Å². The summed E-state index contributed by atoms with van der Waals surface area (Å²) in [6, 6.07) is 11.6. The van der Waals surface area contributed by atoms with Gasteiger partial charge in [-0.2, -0.15) is 0 Å². The van der Waals surface area contributed by atoms with Gasteiger partial charge in [-0.3, -0.25) is 0 Å². The van der Waals surface area contributed by atoms with Gasteiger partial charge in [0.15, 0.2) is 17.2 Å². The van der Waals surface area contributed by atoms with Gasteiger partial charge in [-0.05, 0) is 24.3 Å². The Morgan fingerprint density at radius 3 is 2.38 bits per heavy atom. The lowest BCUT2D eigenvalue weighted by Gasteiger charge is -2.30. The van der Waals surface area contributed by atoms with Gasteiger partial charge < -0.3 is 30.0 Å². The Morgan fingerprint density at radius 2 is 1.65 bits per heavy atom. The Labute approximate surface area is 146 Å². The largest absolute Gasteiger partial charge is 0.508 e. The number of phenols is 1. The van der Waals surface area contributed by atoms with Crippen molar-refractivity contribution in [2.24, 2.45) is 0 Å². The molecule has 0 saturated carbocycles. The maximum Gasteiger partial charge on any atom is 0.444 e. The van der Waals surface area contributed by atoms with E-state index < -0.39 is 23.6 Å². The quantitative estimate of drug-likeness (QED) is 0.528. The number of fused-ring (bicyclic) bond motifs is 2. The molecule has 132 valence electrons. The number of aromatic nitrogens is 1. The molecule has 9 heteroatoms. The summed E-state index contributed by atoms with van der Waals surface area (Å²) in [4.78, 5) is 18.9. The average Bonchev–Trinajstić information content (AvgIpc) is 2.85. The fourth-order valence-corrected chi connectivity index (χ4v) is 2.61. The number of ether oxygens (including phenoxy) is 1. The summed E-state index contributed by atoms with van der Waals surface area (Å²) in [6.45, 7) is 0. The zero-order valence-electron chi connectivity index (χ0n) is 13.0. The van der Waals surface area contributed by atoms with E-state index in [9.17, 15) is 25.2 Å². The van der Waals surface area contributed by atoms with Crippen LogP contribution < -0.4 is 14.5 Å². The van der Waals surface area contributed by atoms with E-state index in [0.29, 0.717) is 16.2 Å². The van der Waals surface area contributed by atoms with Crippen molar-refractivity contribution in [3.05, 3.63) is 48.5 Å². The third-order valence-corrected chi connectivity index (χ3v) is 3.76.